The van der Waals surface area contributed by atoms with Crippen LogP contribution in [0.1, 0.15) is 22.3 Å². The Morgan fingerprint density at radius 1 is 1.48 bits per heavy atom. The molecule has 0 spiro atoms. The van der Waals surface area contributed by atoms with Crippen LogP contribution in [0.15, 0.2) is 23.1 Å². The Morgan fingerprint density at radius 3 is 2.81 bits per heavy atom. The van der Waals surface area contributed by atoms with Gasteiger partial charge in [0.2, 0.25) is 10.0 Å². The molecule has 1 aromatic rings. The molecular formula is C13H18N2O5S. The zero-order valence-corrected chi connectivity index (χ0v) is 12.5. The molecule has 1 aliphatic heterocycles. The van der Waals surface area contributed by atoms with Gasteiger partial charge < -0.3 is 14.8 Å². The van der Waals surface area contributed by atoms with E-state index in [9.17, 15) is 13.2 Å². The molecule has 1 atom stereocenters. The molecule has 21 heavy (non-hydrogen) atoms. The lowest BCUT2D eigenvalue weighted by molar-refractivity contribution is 0.0929. The zero-order valence-electron chi connectivity index (χ0n) is 11.7. The van der Waals surface area contributed by atoms with E-state index in [1.54, 1.807) is 6.07 Å². The van der Waals surface area contributed by atoms with Crippen LogP contribution in [0.2, 0.25) is 0 Å². The molecule has 1 amide bonds. The van der Waals surface area contributed by atoms with E-state index in [4.69, 9.17) is 14.6 Å². The van der Waals surface area contributed by atoms with Crippen molar-refractivity contribution in [2.75, 3.05) is 20.3 Å². The summed E-state index contributed by atoms with van der Waals surface area (Å²) in [5, 5.41) is 7.94. The summed E-state index contributed by atoms with van der Waals surface area (Å²) in [6.07, 6.45) is 0.742. The second kappa shape index (κ2) is 6.52. The monoisotopic (exact) mass is 314 g/mol. The van der Waals surface area contributed by atoms with E-state index in [1.807, 2.05) is 0 Å². The molecule has 2 rings (SSSR count). The first-order valence-electron chi connectivity index (χ1n) is 6.44. The molecule has 0 saturated carbocycles. The Hall–Kier alpha value is -1.48. The van der Waals surface area contributed by atoms with Crippen LogP contribution in [0.25, 0.3) is 0 Å². The second-order valence-electron chi connectivity index (χ2n) is 4.88. The lowest BCUT2D eigenvalue weighted by atomic mass is 10.1. The standard InChI is InChI=1S/C13H18N2O5S/c1-19-7-9-4-10(6-12(5-9)21(14,17)18)13(16)15-11-2-3-20-8-11/h4-6,11H,2-3,7-8H2,1H3,(H,15,16)(H2,14,17,18). The van der Waals surface area contributed by atoms with E-state index < -0.39 is 10.0 Å². The summed E-state index contributed by atoms with van der Waals surface area (Å²) < 4.78 is 33.1. The van der Waals surface area contributed by atoms with Crippen LogP contribution in [0.4, 0.5) is 0 Å². The van der Waals surface area contributed by atoms with Crippen LogP contribution in [0.5, 0.6) is 0 Å². The van der Waals surface area contributed by atoms with Gasteiger partial charge in [0.15, 0.2) is 0 Å². The molecule has 1 aliphatic rings. The molecule has 0 aliphatic carbocycles. The van der Waals surface area contributed by atoms with Crippen molar-refractivity contribution in [3.05, 3.63) is 29.3 Å². The first-order valence-corrected chi connectivity index (χ1v) is 7.99. The largest absolute Gasteiger partial charge is 0.380 e. The van der Waals surface area contributed by atoms with Gasteiger partial charge in [0.05, 0.1) is 24.2 Å². The Labute approximate surface area is 123 Å². The molecule has 1 aromatic carbocycles. The number of hydrogen-bond acceptors (Lipinski definition) is 5. The second-order valence-corrected chi connectivity index (χ2v) is 6.44. The summed E-state index contributed by atoms with van der Waals surface area (Å²) in [6.45, 7) is 1.26. The molecule has 7 nitrogen and oxygen atoms in total. The topological polar surface area (TPSA) is 108 Å². The van der Waals surface area contributed by atoms with E-state index >= 15 is 0 Å². The molecule has 1 heterocycles. The minimum Gasteiger partial charge on any atom is -0.380 e. The van der Waals surface area contributed by atoms with Crippen molar-refractivity contribution >= 4 is 15.9 Å². The molecular weight excluding hydrogens is 296 g/mol. The van der Waals surface area contributed by atoms with Crippen LogP contribution in [-0.2, 0) is 26.1 Å². The summed E-state index contributed by atoms with van der Waals surface area (Å²) in [7, 11) is -2.40. The fraction of sp³-hybridized carbons (Fsp3) is 0.462. The first kappa shape index (κ1) is 15.9. The summed E-state index contributed by atoms with van der Waals surface area (Å²) in [6, 6.07) is 4.19. The van der Waals surface area contributed by atoms with E-state index in [0.717, 1.165) is 6.42 Å². The third kappa shape index (κ3) is 4.24. The first-order chi connectivity index (χ1) is 9.90. The predicted octanol–water partition coefficient (Wildman–Crippen LogP) is -0.000900. The van der Waals surface area contributed by atoms with Crippen LogP contribution in [-0.4, -0.2) is 40.7 Å². The lowest BCUT2D eigenvalue weighted by Crippen LogP contribution is -2.35. The van der Waals surface area contributed by atoms with Crippen molar-refractivity contribution in [1.82, 2.24) is 5.32 Å². The van der Waals surface area contributed by atoms with Gasteiger partial charge in [-0.1, -0.05) is 0 Å². The maximum absolute atomic E-state index is 12.2. The molecule has 0 aromatic heterocycles. The summed E-state index contributed by atoms with van der Waals surface area (Å²) in [5.41, 5.74) is 0.803. The average Bonchev–Trinajstić information content (AvgIpc) is 2.90. The van der Waals surface area contributed by atoms with Crippen LogP contribution < -0.4 is 10.5 Å². The fourth-order valence-corrected chi connectivity index (χ4v) is 2.73. The SMILES string of the molecule is COCc1cc(C(=O)NC2CCOC2)cc(S(N)(=O)=O)c1. The highest BCUT2D eigenvalue weighted by Crippen LogP contribution is 2.16. The average molecular weight is 314 g/mol. The summed E-state index contributed by atoms with van der Waals surface area (Å²) in [5.74, 6) is -0.353. The third-order valence-electron chi connectivity index (χ3n) is 3.13. The molecule has 1 saturated heterocycles. The molecule has 8 heteroatoms. The molecule has 0 bridgehead atoms. The number of methoxy groups -OCH3 is 1. The van der Waals surface area contributed by atoms with Crippen molar-refractivity contribution in [1.29, 1.82) is 0 Å². The molecule has 1 unspecified atom stereocenters. The van der Waals surface area contributed by atoms with E-state index in [-0.39, 0.29) is 29.0 Å². The van der Waals surface area contributed by atoms with E-state index in [1.165, 1.54) is 19.2 Å². The number of carbonyl (C=O) groups excluding carboxylic acids is 1. The van der Waals surface area contributed by atoms with Gasteiger partial charge in [0, 0.05) is 19.3 Å². The Bertz CT molecular complexity index is 623. The minimum absolute atomic E-state index is 0.0542. The Kier molecular flexibility index (Phi) is 4.94. The Morgan fingerprint density at radius 2 is 2.24 bits per heavy atom. The van der Waals surface area contributed by atoms with Crippen LogP contribution >= 0.6 is 0 Å². The van der Waals surface area contributed by atoms with Crippen molar-refractivity contribution < 1.29 is 22.7 Å². The molecule has 116 valence electrons. The van der Waals surface area contributed by atoms with Crippen LogP contribution in [0, 0.1) is 0 Å². The van der Waals surface area contributed by atoms with Gasteiger partial charge in [0.25, 0.3) is 5.91 Å². The third-order valence-corrected chi connectivity index (χ3v) is 4.03. The van der Waals surface area contributed by atoms with Crippen LogP contribution in [0.3, 0.4) is 0 Å². The number of nitrogens with one attached hydrogen (secondary N) is 1. The van der Waals surface area contributed by atoms with Gasteiger partial charge in [-0.2, -0.15) is 0 Å². The molecule has 1 fully saturated rings. The maximum Gasteiger partial charge on any atom is 0.251 e. The number of rotatable bonds is 5. The van der Waals surface area contributed by atoms with Gasteiger partial charge in [-0.05, 0) is 30.2 Å². The number of sulfonamides is 1. The van der Waals surface area contributed by atoms with Gasteiger partial charge in [-0.25, -0.2) is 13.6 Å². The highest BCUT2D eigenvalue weighted by atomic mass is 32.2. The number of carbonyl (C=O) groups is 1. The van der Waals surface area contributed by atoms with Crippen molar-refractivity contribution in [2.24, 2.45) is 5.14 Å². The fourth-order valence-electron chi connectivity index (χ4n) is 2.12. The highest BCUT2D eigenvalue weighted by Gasteiger charge is 2.20. The number of benzene rings is 1. The van der Waals surface area contributed by atoms with Gasteiger partial charge in [-0.15, -0.1) is 0 Å². The smallest absolute Gasteiger partial charge is 0.251 e. The number of primary sulfonamides is 1. The van der Waals surface area contributed by atoms with Crippen molar-refractivity contribution in [3.63, 3.8) is 0 Å². The van der Waals surface area contributed by atoms with Crippen molar-refractivity contribution in [3.8, 4) is 0 Å². The van der Waals surface area contributed by atoms with E-state index in [2.05, 4.69) is 5.32 Å². The summed E-state index contributed by atoms with van der Waals surface area (Å²) in [4.78, 5) is 12.1. The minimum atomic E-state index is -3.89. The number of hydrogen-bond donors (Lipinski definition) is 2. The van der Waals surface area contributed by atoms with Gasteiger partial charge in [0.1, 0.15) is 0 Å². The number of amides is 1. The number of ether oxygens (including phenoxy) is 2. The maximum atomic E-state index is 12.2. The van der Waals surface area contributed by atoms with Crippen molar-refractivity contribution in [2.45, 2.75) is 24.0 Å². The lowest BCUT2D eigenvalue weighted by Gasteiger charge is -2.12. The normalized spacial score (nSPS) is 18.7. The number of nitrogens with two attached hydrogens (primary N) is 1. The van der Waals surface area contributed by atoms with E-state index in [0.29, 0.717) is 18.8 Å². The quantitative estimate of drug-likeness (QED) is 0.795. The Balaban J connectivity index is 2.28. The zero-order chi connectivity index (χ0) is 15.5. The molecule has 0 radical (unpaired) electrons. The van der Waals surface area contributed by atoms with Gasteiger partial charge in [-0.3, -0.25) is 4.79 Å². The summed E-state index contributed by atoms with van der Waals surface area (Å²) >= 11 is 0. The highest BCUT2D eigenvalue weighted by molar-refractivity contribution is 7.89. The predicted molar refractivity (Wildman–Crippen MR) is 75.2 cm³/mol. The van der Waals surface area contributed by atoms with Gasteiger partial charge >= 0.3 is 0 Å². The molecule has 3 N–H and O–H groups in total.